The molecule has 94 valence electrons. The van der Waals surface area contributed by atoms with Crippen LogP contribution in [0.4, 0.5) is 0 Å². The molecule has 1 aromatic rings. The Labute approximate surface area is 111 Å². The minimum Gasteiger partial charge on any atom is -0.379 e. The van der Waals surface area contributed by atoms with E-state index in [1.165, 1.54) is 5.56 Å². The molecule has 0 spiro atoms. The summed E-state index contributed by atoms with van der Waals surface area (Å²) in [4.78, 5) is 0. The summed E-state index contributed by atoms with van der Waals surface area (Å²) in [6.45, 7) is 2.61. The molecule has 2 unspecified atom stereocenters. The maximum Gasteiger partial charge on any atom is 0.0620 e. The van der Waals surface area contributed by atoms with Gasteiger partial charge in [-0.1, -0.05) is 28.1 Å². The lowest BCUT2D eigenvalue weighted by Crippen LogP contribution is -2.43. The largest absolute Gasteiger partial charge is 0.379 e. The summed E-state index contributed by atoms with van der Waals surface area (Å²) < 4.78 is 6.61. The molecule has 0 bridgehead atoms. The van der Waals surface area contributed by atoms with E-state index in [4.69, 9.17) is 4.74 Å². The van der Waals surface area contributed by atoms with Crippen LogP contribution in [0.25, 0.3) is 0 Å². The molecule has 0 saturated carbocycles. The summed E-state index contributed by atoms with van der Waals surface area (Å²) in [5, 5.41) is 6.87. The van der Waals surface area contributed by atoms with Gasteiger partial charge in [0.05, 0.1) is 13.2 Å². The molecule has 4 heteroatoms. The monoisotopic (exact) mass is 298 g/mol. The second-order valence-corrected chi connectivity index (χ2v) is 5.27. The molecule has 3 nitrogen and oxygen atoms in total. The zero-order valence-corrected chi connectivity index (χ0v) is 11.7. The van der Waals surface area contributed by atoms with Gasteiger partial charge >= 0.3 is 0 Å². The van der Waals surface area contributed by atoms with Crippen molar-refractivity contribution in [3.8, 4) is 0 Å². The highest BCUT2D eigenvalue weighted by Gasteiger charge is 2.18. The number of hydrogen-bond acceptors (Lipinski definition) is 3. The highest BCUT2D eigenvalue weighted by atomic mass is 79.9. The Kier molecular flexibility index (Phi) is 4.98. The summed E-state index contributed by atoms with van der Waals surface area (Å²) >= 11 is 3.46. The zero-order chi connectivity index (χ0) is 12.1. The van der Waals surface area contributed by atoms with E-state index in [2.05, 4.69) is 50.8 Å². The Morgan fingerprint density at radius 1 is 1.47 bits per heavy atom. The Bertz CT molecular complexity index is 336. The molecule has 0 aromatic heterocycles. The van der Waals surface area contributed by atoms with Crippen LogP contribution < -0.4 is 10.6 Å². The second-order valence-electron chi connectivity index (χ2n) is 4.35. The van der Waals surface area contributed by atoms with Gasteiger partial charge in [-0.05, 0) is 31.2 Å². The van der Waals surface area contributed by atoms with Gasteiger partial charge < -0.3 is 15.4 Å². The van der Waals surface area contributed by atoms with Crippen LogP contribution in [-0.4, -0.2) is 32.8 Å². The Morgan fingerprint density at radius 3 is 2.82 bits per heavy atom. The summed E-state index contributed by atoms with van der Waals surface area (Å²) in [7, 11) is 2.01. The summed E-state index contributed by atoms with van der Waals surface area (Å²) in [6.07, 6.45) is 1.05. The van der Waals surface area contributed by atoms with E-state index < -0.39 is 0 Å². The van der Waals surface area contributed by atoms with Crippen molar-refractivity contribution in [2.24, 2.45) is 0 Å². The molecule has 1 aromatic carbocycles. The van der Waals surface area contributed by atoms with Gasteiger partial charge in [0.15, 0.2) is 0 Å². The fourth-order valence-electron chi connectivity index (χ4n) is 2.17. The third-order valence-corrected chi connectivity index (χ3v) is 3.67. The first-order chi connectivity index (χ1) is 8.29. The van der Waals surface area contributed by atoms with Gasteiger partial charge in [0, 0.05) is 23.1 Å². The van der Waals surface area contributed by atoms with Crippen LogP contribution >= 0.6 is 15.9 Å². The molecule has 0 aliphatic carbocycles. The Hall–Kier alpha value is -0.420. The third-order valence-electron chi connectivity index (χ3n) is 3.14. The molecule has 1 fully saturated rings. The van der Waals surface area contributed by atoms with Gasteiger partial charge in [0.2, 0.25) is 0 Å². The van der Waals surface area contributed by atoms with Crippen molar-refractivity contribution in [3.63, 3.8) is 0 Å². The predicted molar refractivity (Wildman–Crippen MR) is 73.2 cm³/mol. The average molecular weight is 299 g/mol. The van der Waals surface area contributed by atoms with Gasteiger partial charge in [-0.15, -0.1) is 0 Å². The lowest BCUT2D eigenvalue weighted by molar-refractivity contribution is 0.0708. The number of hydrogen-bond donors (Lipinski definition) is 2. The van der Waals surface area contributed by atoms with Gasteiger partial charge in [-0.25, -0.2) is 0 Å². The van der Waals surface area contributed by atoms with E-state index in [-0.39, 0.29) is 0 Å². The van der Waals surface area contributed by atoms with Crippen LogP contribution in [0.1, 0.15) is 18.0 Å². The van der Waals surface area contributed by atoms with Crippen molar-refractivity contribution >= 4 is 15.9 Å². The topological polar surface area (TPSA) is 33.3 Å². The van der Waals surface area contributed by atoms with E-state index in [0.717, 1.165) is 30.7 Å². The summed E-state index contributed by atoms with van der Waals surface area (Å²) in [5.41, 5.74) is 1.32. The summed E-state index contributed by atoms with van der Waals surface area (Å²) in [5.74, 6) is 0. The first-order valence-corrected chi connectivity index (χ1v) is 6.83. The second kappa shape index (κ2) is 6.50. The molecule has 2 atom stereocenters. The van der Waals surface area contributed by atoms with Gasteiger partial charge in [0.25, 0.3) is 0 Å². The van der Waals surface area contributed by atoms with Crippen LogP contribution in [-0.2, 0) is 4.74 Å². The standard InChI is InChI=1S/C13H19BrN2O/c1-15-13(8-12-9-17-7-6-16-12)10-2-4-11(14)5-3-10/h2-5,12-13,15-16H,6-9H2,1H3. The lowest BCUT2D eigenvalue weighted by atomic mass is 9.99. The number of benzene rings is 1. The van der Waals surface area contributed by atoms with Crippen molar-refractivity contribution in [1.82, 2.24) is 10.6 Å². The summed E-state index contributed by atoms with van der Waals surface area (Å²) in [6, 6.07) is 9.32. The van der Waals surface area contributed by atoms with Crippen molar-refractivity contribution in [1.29, 1.82) is 0 Å². The molecule has 0 radical (unpaired) electrons. The predicted octanol–water partition coefficient (Wildman–Crippen LogP) is 2.09. The minimum absolute atomic E-state index is 0.377. The fourth-order valence-corrected chi connectivity index (χ4v) is 2.44. The number of morpholine rings is 1. The molecular formula is C13H19BrN2O. The van der Waals surface area contributed by atoms with E-state index in [9.17, 15) is 0 Å². The molecular weight excluding hydrogens is 280 g/mol. The first kappa shape index (κ1) is 13.0. The highest BCUT2D eigenvalue weighted by Crippen LogP contribution is 2.21. The average Bonchev–Trinajstić information content (AvgIpc) is 2.38. The number of ether oxygens (including phenoxy) is 1. The van der Waals surface area contributed by atoms with Crippen molar-refractivity contribution in [2.45, 2.75) is 18.5 Å². The molecule has 1 aliphatic heterocycles. The van der Waals surface area contributed by atoms with E-state index in [0.29, 0.717) is 12.1 Å². The molecule has 0 amide bonds. The van der Waals surface area contributed by atoms with Crippen molar-refractivity contribution in [3.05, 3.63) is 34.3 Å². The van der Waals surface area contributed by atoms with Crippen LogP contribution in [0.15, 0.2) is 28.7 Å². The zero-order valence-electron chi connectivity index (χ0n) is 10.1. The quantitative estimate of drug-likeness (QED) is 0.893. The minimum atomic E-state index is 0.377. The first-order valence-electron chi connectivity index (χ1n) is 6.03. The third kappa shape index (κ3) is 3.78. The molecule has 17 heavy (non-hydrogen) atoms. The van der Waals surface area contributed by atoms with Crippen LogP contribution in [0.5, 0.6) is 0 Å². The maximum atomic E-state index is 5.48. The van der Waals surface area contributed by atoms with Crippen molar-refractivity contribution < 1.29 is 4.74 Å². The van der Waals surface area contributed by atoms with Gasteiger partial charge in [-0.2, -0.15) is 0 Å². The molecule has 1 heterocycles. The smallest absolute Gasteiger partial charge is 0.0620 e. The van der Waals surface area contributed by atoms with Gasteiger partial charge in [-0.3, -0.25) is 0 Å². The molecule has 2 rings (SSSR count). The normalized spacial score (nSPS) is 22.4. The van der Waals surface area contributed by atoms with Crippen LogP contribution in [0.2, 0.25) is 0 Å². The SMILES string of the molecule is CNC(CC1COCCN1)c1ccc(Br)cc1. The molecule has 2 N–H and O–H groups in total. The maximum absolute atomic E-state index is 5.48. The molecule has 1 saturated heterocycles. The number of halogens is 1. The van der Waals surface area contributed by atoms with E-state index >= 15 is 0 Å². The Balaban J connectivity index is 1.97. The Morgan fingerprint density at radius 2 is 2.24 bits per heavy atom. The van der Waals surface area contributed by atoms with Crippen LogP contribution in [0, 0.1) is 0 Å². The van der Waals surface area contributed by atoms with Gasteiger partial charge in [0.1, 0.15) is 0 Å². The van der Waals surface area contributed by atoms with E-state index in [1.54, 1.807) is 0 Å². The molecule has 1 aliphatic rings. The number of rotatable bonds is 4. The number of nitrogens with one attached hydrogen (secondary N) is 2. The van der Waals surface area contributed by atoms with Crippen molar-refractivity contribution in [2.75, 3.05) is 26.8 Å². The van der Waals surface area contributed by atoms with E-state index in [1.807, 2.05) is 7.05 Å². The fraction of sp³-hybridized carbons (Fsp3) is 0.538. The highest BCUT2D eigenvalue weighted by molar-refractivity contribution is 9.10. The van der Waals surface area contributed by atoms with Crippen LogP contribution in [0.3, 0.4) is 0 Å². The lowest BCUT2D eigenvalue weighted by Gasteiger charge is -2.28.